The average molecular weight is 487 g/mol. The first-order valence-corrected chi connectivity index (χ1v) is 11.9. The third-order valence-electron chi connectivity index (χ3n) is 5.97. The number of carbonyl (C=O) groups is 1. The van der Waals surface area contributed by atoms with Crippen molar-refractivity contribution in [2.75, 3.05) is 38.2 Å². The minimum Gasteiger partial charge on any atom is -0.379 e. The summed E-state index contributed by atoms with van der Waals surface area (Å²) in [7, 11) is 0. The number of ether oxygens (including phenoxy) is 1. The van der Waals surface area contributed by atoms with Gasteiger partial charge in [-0.05, 0) is 56.2 Å². The maximum Gasteiger partial charge on any atom is 0.228 e. The van der Waals surface area contributed by atoms with E-state index in [2.05, 4.69) is 27.4 Å². The lowest BCUT2D eigenvalue weighted by Gasteiger charge is -2.26. The van der Waals surface area contributed by atoms with E-state index in [-0.39, 0.29) is 12.3 Å². The maximum atomic E-state index is 12.8. The molecule has 1 aliphatic heterocycles. The van der Waals surface area contributed by atoms with Gasteiger partial charge in [-0.1, -0.05) is 35.3 Å². The van der Waals surface area contributed by atoms with E-state index in [0.717, 1.165) is 67.6 Å². The summed E-state index contributed by atoms with van der Waals surface area (Å²) in [5.41, 5.74) is 5.35. The number of rotatable bonds is 7. The normalized spacial score (nSPS) is 14.4. The zero-order valence-electron chi connectivity index (χ0n) is 18.9. The van der Waals surface area contributed by atoms with Gasteiger partial charge in [0.25, 0.3) is 0 Å². The SMILES string of the molecule is Cc1nn(-c2ccc(Cl)cc2Cl)c(C)c1CC(=O)Nc1ccc(CCN2CCOCC2)cc1. The number of benzene rings is 2. The molecule has 1 aromatic heterocycles. The maximum absolute atomic E-state index is 12.8. The van der Waals surface area contributed by atoms with Crippen LogP contribution in [0.15, 0.2) is 42.5 Å². The van der Waals surface area contributed by atoms with Crippen LogP contribution in [0, 0.1) is 13.8 Å². The molecule has 1 saturated heterocycles. The van der Waals surface area contributed by atoms with Crippen molar-refractivity contribution in [3.8, 4) is 5.69 Å². The number of carbonyl (C=O) groups excluding carboxylic acids is 1. The Hall–Kier alpha value is -2.38. The van der Waals surface area contributed by atoms with Gasteiger partial charge in [-0.2, -0.15) is 5.10 Å². The van der Waals surface area contributed by atoms with E-state index in [1.165, 1.54) is 5.56 Å². The quantitative estimate of drug-likeness (QED) is 0.518. The third kappa shape index (κ3) is 5.95. The summed E-state index contributed by atoms with van der Waals surface area (Å²) < 4.78 is 7.16. The van der Waals surface area contributed by atoms with Gasteiger partial charge in [0.15, 0.2) is 0 Å². The van der Waals surface area contributed by atoms with Crippen LogP contribution in [-0.4, -0.2) is 53.4 Å². The molecule has 1 amide bonds. The molecule has 0 radical (unpaired) electrons. The van der Waals surface area contributed by atoms with Crippen molar-refractivity contribution in [2.24, 2.45) is 0 Å². The first-order chi connectivity index (χ1) is 15.9. The second-order valence-corrected chi connectivity index (χ2v) is 9.13. The van der Waals surface area contributed by atoms with Crippen molar-refractivity contribution in [3.63, 3.8) is 0 Å². The van der Waals surface area contributed by atoms with Crippen LogP contribution in [-0.2, 0) is 22.4 Å². The molecule has 1 aliphatic rings. The molecule has 0 bridgehead atoms. The van der Waals surface area contributed by atoms with Gasteiger partial charge in [0.2, 0.25) is 5.91 Å². The number of aryl methyl sites for hydroxylation is 1. The van der Waals surface area contributed by atoms with Gasteiger partial charge in [-0.25, -0.2) is 4.68 Å². The number of halogens is 2. The topological polar surface area (TPSA) is 59.4 Å². The molecular formula is C25H28Cl2N4O2. The predicted octanol–water partition coefficient (Wildman–Crippen LogP) is 4.85. The van der Waals surface area contributed by atoms with Gasteiger partial charge >= 0.3 is 0 Å². The Labute approximate surface area is 204 Å². The van der Waals surface area contributed by atoms with E-state index < -0.39 is 0 Å². The van der Waals surface area contributed by atoms with Crippen LogP contribution in [0.5, 0.6) is 0 Å². The van der Waals surface area contributed by atoms with Crippen molar-refractivity contribution in [1.82, 2.24) is 14.7 Å². The van der Waals surface area contributed by atoms with Gasteiger partial charge in [0.05, 0.1) is 36.0 Å². The molecule has 0 spiro atoms. The number of nitrogens with zero attached hydrogens (tertiary/aromatic N) is 3. The summed E-state index contributed by atoms with van der Waals surface area (Å²) >= 11 is 12.4. The molecule has 0 saturated carbocycles. The molecule has 3 aromatic rings. The number of morpholine rings is 1. The van der Waals surface area contributed by atoms with Crippen LogP contribution in [0.2, 0.25) is 10.0 Å². The van der Waals surface area contributed by atoms with Crippen molar-refractivity contribution < 1.29 is 9.53 Å². The lowest BCUT2D eigenvalue weighted by Crippen LogP contribution is -2.37. The Bertz CT molecular complexity index is 1120. The van der Waals surface area contributed by atoms with Crippen molar-refractivity contribution >= 4 is 34.8 Å². The van der Waals surface area contributed by atoms with Crippen LogP contribution in [0.3, 0.4) is 0 Å². The van der Waals surface area contributed by atoms with Crippen LogP contribution in [0.1, 0.15) is 22.5 Å². The molecule has 174 valence electrons. The Morgan fingerprint density at radius 2 is 1.82 bits per heavy atom. The fraction of sp³-hybridized carbons (Fsp3) is 0.360. The molecule has 4 rings (SSSR count). The molecule has 33 heavy (non-hydrogen) atoms. The summed E-state index contributed by atoms with van der Waals surface area (Å²) in [5, 5.41) is 8.68. The summed E-state index contributed by atoms with van der Waals surface area (Å²) in [5.74, 6) is -0.0796. The number of hydrogen-bond acceptors (Lipinski definition) is 4. The van der Waals surface area contributed by atoms with Crippen molar-refractivity contribution in [3.05, 3.63) is 75.0 Å². The Kier molecular flexibility index (Phi) is 7.71. The second-order valence-electron chi connectivity index (χ2n) is 8.28. The van der Waals surface area contributed by atoms with E-state index >= 15 is 0 Å². The second kappa shape index (κ2) is 10.7. The fourth-order valence-corrected chi connectivity index (χ4v) is 4.54. The number of nitrogens with one attached hydrogen (secondary N) is 1. The fourth-order valence-electron chi connectivity index (χ4n) is 4.05. The summed E-state index contributed by atoms with van der Waals surface area (Å²) in [6.45, 7) is 8.48. The highest BCUT2D eigenvalue weighted by Crippen LogP contribution is 2.27. The number of aromatic nitrogens is 2. The number of anilines is 1. The van der Waals surface area contributed by atoms with Crippen LogP contribution in [0.25, 0.3) is 5.69 Å². The van der Waals surface area contributed by atoms with Gasteiger partial charge in [0, 0.05) is 41.6 Å². The van der Waals surface area contributed by atoms with Crippen molar-refractivity contribution in [1.29, 1.82) is 0 Å². The Morgan fingerprint density at radius 3 is 2.52 bits per heavy atom. The monoisotopic (exact) mass is 486 g/mol. The van der Waals surface area contributed by atoms with Crippen LogP contribution < -0.4 is 5.32 Å². The lowest BCUT2D eigenvalue weighted by molar-refractivity contribution is -0.115. The Balaban J connectivity index is 1.37. The molecule has 8 heteroatoms. The highest BCUT2D eigenvalue weighted by molar-refractivity contribution is 6.35. The van der Waals surface area contributed by atoms with Crippen LogP contribution in [0.4, 0.5) is 5.69 Å². The van der Waals surface area contributed by atoms with Gasteiger partial charge in [0.1, 0.15) is 0 Å². The molecule has 2 heterocycles. The predicted molar refractivity (Wildman–Crippen MR) is 133 cm³/mol. The van der Waals surface area contributed by atoms with Gasteiger partial charge in [-0.15, -0.1) is 0 Å². The van der Waals surface area contributed by atoms with Gasteiger partial charge < -0.3 is 10.1 Å². The number of amides is 1. The summed E-state index contributed by atoms with van der Waals surface area (Å²) in [6.07, 6.45) is 1.22. The smallest absolute Gasteiger partial charge is 0.228 e. The molecule has 1 N–H and O–H groups in total. The molecule has 6 nitrogen and oxygen atoms in total. The molecule has 1 fully saturated rings. The van der Waals surface area contributed by atoms with Gasteiger partial charge in [-0.3, -0.25) is 9.69 Å². The van der Waals surface area contributed by atoms with E-state index in [9.17, 15) is 4.79 Å². The zero-order chi connectivity index (χ0) is 23.4. The largest absolute Gasteiger partial charge is 0.379 e. The van der Waals surface area contributed by atoms with E-state index in [1.54, 1.807) is 16.8 Å². The van der Waals surface area contributed by atoms with E-state index in [1.807, 2.05) is 32.0 Å². The molecule has 0 unspecified atom stereocenters. The molecule has 0 aliphatic carbocycles. The minimum absolute atomic E-state index is 0.0796. The number of hydrogen-bond donors (Lipinski definition) is 1. The van der Waals surface area contributed by atoms with Crippen molar-refractivity contribution in [2.45, 2.75) is 26.7 Å². The summed E-state index contributed by atoms with van der Waals surface area (Å²) in [6, 6.07) is 13.4. The Morgan fingerprint density at radius 1 is 1.09 bits per heavy atom. The summed E-state index contributed by atoms with van der Waals surface area (Å²) in [4.78, 5) is 15.2. The highest BCUT2D eigenvalue weighted by Gasteiger charge is 2.18. The third-order valence-corrected chi connectivity index (χ3v) is 6.51. The molecule has 2 aromatic carbocycles. The zero-order valence-corrected chi connectivity index (χ0v) is 20.4. The van der Waals surface area contributed by atoms with E-state index in [0.29, 0.717) is 10.0 Å². The van der Waals surface area contributed by atoms with E-state index in [4.69, 9.17) is 27.9 Å². The van der Waals surface area contributed by atoms with Crippen LogP contribution >= 0.6 is 23.2 Å². The minimum atomic E-state index is -0.0796. The first-order valence-electron chi connectivity index (χ1n) is 11.1. The standard InChI is InChI=1S/C25H28Cl2N4O2/c1-17-22(18(2)31(29-17)24-8-5-20(26)15-23(24)27)16-25(32)28-21-6-3-19(4-7-21)9-10-30-11-13-33-14-12-30/h3-8,15H,9-14,16H2,1-2H3,(H,28,32). The lowest BCUT2D eigenvalue weighted by atomic mass is 10.1. The first kappa shape index (κ1) is 23.8. The molecule has 0 atom stereocenters. The highest BCUT2D eigenvalue weighted by atomic mass is 35.5. The molecular weight excluding hydrogens is 459 g/mol. The average Bonchev–Trinajstić information content (AvgIpc) is 3.07.